The van der Waals surface area contributed by atoms with Crippen LogP contribution in [-0.2, 0) is 30.3 Å². The number of carbonyl (C=O) groups excluding carboxylic acids is 2. The van der Waals surface area contributed by atoms with Crippen LogP contribution in [0.25, 0.3) is 0 Å². The van der Waals surface area contributed by atoms with Gasteiger partial charge in [-0.05, 0) is 37.3 Å². The molecule has 8 nitrogen and oxygen atoms in total. The minimum Gasteiger partial charge on any atom is -0.480 e. The molecule has 0 aliphatic heterocycles. The quantitative estimate of drug-likeness (QED) is 0.248. The van der Waals surface area contributed by atoms with E-state index in [9.17, 15) is 19.5 Å². The molecule has 0 saturated carbocycles. The molecule has 1 aromatic rings. The third kappa shape index (κ3) is 9.89. The second-order valence-electron chi connectivity index (χ2n) is 7.84. The number of ether oxygens (including phenoxy) is 2. The van der Waals surface area contributed by atoms with Gasteiger partial charge in [-0.3, -0.25) is 9.59 Å². The molecule has 0 bridgehead atoms. The summed E-state index contributed by atoms with van der Waals surface area (Å²) in [4.78, 5) is 35.5. The van der Waals surface area contributed by atoms with Crippen molar-refractivity contribution < 1.29 is 29.0 Å². The average Bonchev–Trinajstić information content (AvgIpc) is 2.69. The molecule has 0 aromatic heterocycles. The van der Waals surface area contributed by atoms with Gasteiger partial charge in [-0.2, -0.15) is 0 Å². The Morgan fingerprint density at radius 2 is 1.65 bits per heavy atom. The summed E-state index contributed by atoms with van der Waals surface area (Å²) in [7, 11) is 0. The molecule has 0 aliphatic carbocycles. The number of carboxylic acid groups (broad SMARTS) is 1. The van der Waals surface area contributed by atoms with Gasteiger partial charge in [-0.25, -0.2) is 4.79 Å². The van der Waals surface area contributed by atoms with E-state index in [1.54, 1.807) is 13.8 Å². The molecule has 0 saturated heterocycles. The third-order valence-electron chi connectivity index (χ3n) is 4.47. The summed E-state index contributed by atoms with van der Waals surface area (Å²) in [6.07, 6.45) is 0.537. The van der Waals surface area contributed by atoms with E-state index in [1.165, 1.54) is 5.56 Å². The fourth-order valence-electron chi connectivity index (χ4n) is 2.70. The molecule has 172 valence electrons. The van der Waals surface area contributed by atoms with Gasteiger partial charge < -0.3 is 25.6 Å². The molecule has 1 rings (SSSR count). The normalized spacial score (nSPS) is 13.7. The fraction of sp³-hybridized carbons (Fsp3) is 0.545. The largest absolute Gasteiger partial charge is 0.480 e. The van der Waals surface area contributed by atoms with Crippen LogP contribution in [0, 0.1) is 5.92 Å². The van der Waals surface area contributed by atoms with Gasteiger partial charge in [0.15, 0.2) is 0 Å². The Kier molecular flexibility index (Phi) is 11.1. The van der Waals surface area contributed by atoms with Crippen molar-refractivity contribution >= 4 is 35.1 Å². The SMILES string of the molecule is CC(C)Cc1ccc([C@H](C)C(=O)OCCOC(=O)C[C@H](NC(=S)[C@H](C)N)C(=O)O)cc1. The van der Waals surface area contributed by atoms with Gasteiger partial charge in [-0.15, -0.1) is 0 Å². The summed E-state index contributed by atoms with van der Waals surface area (Å²) >= 11 is 4.94. The monoisotopic (exact) mass is 452 g/mol. The first-order chi connectivity index (χ1) is 14.5. The lowest BCUT2D eigenvalue weighted by Crippen LogP contribution is -2.47. The number of nitrogens with one attached hydrogen (secondary N) is 1. The van der Waals surface area contributed by atoms with Gasteiger partial charge in [0.2, 0.25) is 0 Å². The van der Waals surface area contributed by atoms with E-state index in [2.05, 4.69) is 19.2 Å². The number of hydrogen-bond donors (Lipinski definition) is 3. The predicted octanol–water partition coefficient (Wildman–Crippen LogP) is 2.18. The van der Waals surface area contributed by atoms with Crippen LogP contribution >= 0.6 is 12.2 Å². The Bertz CT molecular complexity index is 764. The average molecular weight is 453 g/mol. The number of benzene rings is 1. The van der Waals surface area contributed by atoms with Crippen LogP contribution in [0.2, 0.25) is 0 Å². The summed E-state index contributed by atoms with van der Waals surface area (Å²) in [6.45, 7) is 7.35. The zero-order valence-electron chi connectivity index (χ0n) is 18.4. The van der Waals surface area contributed by atoms with Crippen LogP contribution in [0.3, 0.4) is 0 Å². The van der Waals surface area contributed by atoms with Crippen molar-refractivity contribution in [2.45, 2.75) is 58.5 Å². The smallest absolute Gasteiger partial charge is 0.326 e. The van der Waals surface area contributed by atoms with Crippen LogP contribution in [0.1, 0.15) is 51.2 Å². The van der Waals surface area contributed by atoms with E-state index in [0.29, 0.717) is 5.92 Å². The Labute approximate surface area is 188 Å². The van der Waals surface area contributed by atoms with Crippen molar-refractivity contribution in [3.8, 4) is 0 Å². The highest BCUT2D eigenvalue weighted by Crippen LogP contribution is 2.18. The Hall–Kier alpha value is -2.52. The number of aliphatic carboxylic acids is 1. The zero-order chi connectivity index (χ0) is 23.6. The lowest BCUT2D eigenvalue weighted by atomic mass is 9.97. The van der Waals surface area contributed by atoms with Crippen LogP contribution < -0.4 is 11.1 Å². The van der Waals surface area contributed by atoms with E-state index in [4.69, 9.17) is 27.4 Å². The predicted molar refractivity (Wildman–Crippen MR) is 121 cm³/mol. The van der Waals surface area contributed by atoms with E-state index >= 15 is 0 Å². The molecule has 0 heterocycles. The van der Waals surface area contributed by atoms with Gasteiger partial charge in [0.1, 0.15) is 19.3 Å². The standard InChI is InChI=1S/C22H32N2O6S/c1-13(2)11-16-5-7-17(8-6-16)14(3)22(28)30-10-9-29-19(25)12-18(21(26)27)24-20(31)15(4)23/h5-8,13-15,18H,9-12,23H2,1-4H3,(H,24,31)(H,26,27)/t14-,15-,18-/m0/s1. The van der Waals surface area contributed by atoms with E-state index in [0.717, 1.165) is 12.0 Å². The van der Waals surface area contributed by atoms with Crippen LogP contribution in [0.5, 0.6) is 0 Å². The van der Waals surface area contributed by atoms with Crippen LogP contribution in [0.4, 0.5) is 0 Å². The van der Waals surface area contributed by atoms with E-state index in [1.807, 2.05) is 24.3 Å². The minimum absolute atomic E-state index is 0.121. The lowest BCUT2D eigenvalue weighted by molar-refractivity contribution is -0.154. The molecule has 9 heteroatoms. The van der Waals surface area contributed by atoms with Crippen molar-refractivity contribution in [1.82, 2.24) is 5.32 Å². The van der Waals surface area contributed by atoms with Gasteiger partial charge >= 0.3 is 17.9 Å². The van der Waals surface area contributed by atoms with Crippen molar-refractivity contribution in [3.05, 3.63) is 35.4 Å². The van der Waals surface area contributed by atoms with Crippen molar-refractivity contribution in [2.75, 3.05) is 13.2 Å². The summed E-state index contributed by atoms with van der Waals surface area (Å²) in [5.74, 6) is -2.33. The molecule has 0 amide bonds. The number of esters is 2. The molecular formula is C22H32N2O6S. The molecule has 0 aliphatic rings. The van der Waals surface area contributed by atoms with Gasteiger partial charge in [0, 0.05) is 0 Å². The van der Waals surface area contributed by atoms with Gasteiger partial charge in [-0.1, -0.05) is 50.3 Å². The highest BCUT2D eigenvalue weighted by atomic mass is 32.1. The first kappa shape index (κ1) is 26.5. The number of carbonyl (C=O) groups is 3. The maximum atomic E-state index is 12.2. The molecule has 31 heavy (non-hydrogen) atoms. The second-order valence-corrected chi connectivity index (χ2v) is 8.28. The maximum absolute atomic E-state index is 12.2. The molecule has 0 unspecified atom stereocenters. The van der Waals surface area contributed by atoms with Crippen molar-refractivity contribution in [1.29, 1.82) is 0 Å². The Morgan fingerprint density at radius 1 is 1.06 bits per heavy atom. The number of rotatable bonds is 12. The summed E-state index contributed by atoms with van der Waals surface area (Å²) in [5, 5.41) is 11.7. The van der Waals surface area contributed by atoms with Gasteiger partial charge in [0.25, 0.3) is 0 Å². The molecule has 1 aromatic carbocycles. The lowest BCUT2D eigenvalue weighted by Gasteiger charge is -2.17. The third-order valence-corrected chi connectivity index (χ3v) is 4.96. The highest BCUT2D eigenvalue weighted by Gasteiger charge is 2.24. The number of hydrogen-bond acceptors (Lipinski definition) is 7. The molecule has 3 atom stereocenters. The first-order valence-corrected chi connectivity index (χ1v) is 10.6. The topological polar surface area (TPSA) is 128 Å². The summed E-state index contributed by atoms with van der Waals surface area (Å²) < 4.78 is 10.1. The Balaban J connectivity index is 2.41. The fourth-order valence-corrected chi connectivity index (χ4v) is 2.84. The van der Waals surface area contributed by atoms with Crippen LogP contribution in [0.15, 0.2) is 24.3 Å². The molecule has 0 fully saturated rings. The van der Waals surface area contributed by atoms with Crippen molar-refractivity contribution in [2.24, 2.45) is 11.7 Å². The summed E-state index contributed by atoms with van der Waals surface area (Å²) in [6, 6.07) is 6.05. The molecule has 0 spiro atoms. The maximum Gasteiger partial charge on any atom is 0.326 e. The number of carboxylic acids is 1. The Morgan fingerprint density at radius 3 is 2.16 bits per heavy atom. The van der Waals surface area contributed by atoms with Crippen LogP contribution in [-0.4, -0.2) is 53.3 Å². The minimum atomic E-state index is -1.25. The van der Waals surface area contributed by atoms with Gasteiger partial charge in [0.05, 0.1) is 23.4 Å². The second kappa shape index (κ2) is 13.0. The number of thiocarbonyl (C=S) groups is 1. The number of nitrogens with two attached hydrogens (primary N) is 1. The zero-order valence-corrected chi connectivity index (χ0v) is 19.2. The molecule has 0 radical (unpaired) electrons. The van der Waals surface area contributed by atoms with Crippen molar-refractivity contribution in [3.63, 3.8) is 0 Å². The first-order valence-electron chi connectivity index (χ1n) is 10.2. The van der Waals surface area contributed by atoms with E-state index in [-0.39, 0.29) is 18.2 Å². The molecular weight excluding hydrogens is 420 g/mol. The highest BCUT2D eigenvalue weighted by molar-refractivity contribution is 7.80. The molecule has 4 N–H and O–H groups in total. The summed E-state index contributed by atoms with van der Waals surface area (Å²) in [5.41, 5.74) is 7.63. The van der Waals surface area contributed by atoms with E-state index < -0.39 is 42.3 Å².